The number of aliphatic hydroxyl groups is 1. The number of amides is 1. The monoisotopic (exact) mass is 493 g/mol. The molecule has 0 radical (unpaired) electrons. The second-order valence-electron chi connectivity index (χ2n) is 8.98. The summed E-state index contributed by atoms with van der Waals surface area (Å²) in [6, 6.07) is 26.0. The molecule has 1 amide bonds. The molecule has 2 unspecified atom stereocenters. The van der Waals surface area contributed by atoms with Crippen molar-refractivity contribution in [3.05, 3.63) is 125 Å². The van der Waals surface area contributed by atoms with E-state index in [2.05, 4.69) is 10.3 Å². The van der Waals surface area contributed by atoms with Crippen molar-refractivity contribution >= 4 is 11.7 Å². The predicted octanol–water partition coefficient (Wildman–Crippen LogP) is 3.81. The van der Waals surface area contributed by atoms with Crippen LogP contribution in [0.3, 0.4) is 0 Å². The summed E-state index contributed by atoms with van der Waals surface area (Å²) in [6.07, 6.45) is 3.85. The zero-order valence-corrected chi connectivity index (χ0v) is 20.5. The lowest BCUT2D eigenvalue weighted by atomic mass is 9.88. The van der Waals surface area contributed by atoms with Crippen LogP contribution in [-0.2, 0) is 13.0 Å². The smallest absolute Gasteiger partial charge is 0.251 e. The fraction of sp³-hybridized carbons (Fsp3) is 0.167. The zero-order chi connectivity index (χ0) is 26.2. The second kappa shape index (κ2) is 12.1. The van der Waals surface area contributed by atoms with Crippen LogP contribution < -0.4 is 16.8 Å². The van der Waals surface area contributed by atoms with E-state index in [9.17, 15) is 9.90 Å². The number of benzene rings is 3. The van der Waals surface area contributed by atoms with Crippen molar-refractivity contribution in [1.29, 1.82) is 5.41 Å². The van der Waals surface area contributed by atoms with E-state index in [-0.39, 0.29) is 24.3 Å². The highest BCUT2D eigenvalue weighted by Crippen LogP contribution is 2.27. The minimum Gasteiger partial charge on any atom is -0.396 e. The lowest BCUT2D eigenvalue weighted by Gasteiger charge is -2.27. The van der Waals surface area contributed by atoms with E-state index in [1.165, 1.54) is 0 Å². The molecule has 37 heavy (non-hydrogen) atoms. The Morgan fingerprint density at radius 1 is 0.919 bits per heavy atom. The van der Waals surface area contributed by atoms with Crippen molar-refractivity contribution in [3.63, 3.8) is 0 Å². The molecule has 7 nitrogen and oxygen atoms in total. The van der Waals surface area contributed by atoms with Gasteiger partial charge >= 0.3 is 0 Å². The molecule has 1 heterocycles. The highest BCUT2D eigenvalue weighted by atomic mass is 16.3. The Morgan fingerprint density at radius 2 is 1.68 bits per heavy atom. The number of aromatic nitrogens is 1. The number of carbonyl (C=O) groups excluding carboxylic acids is 1. The average molecular weight is 494 g/mol. The van der Waals surface area contributed by atoms with E-state index in [0.717, 1.165) is 27.8 Å². The molecule has 0 aliphatic rings. The number of rotatable bonds is 10. The number of amidine groups is 1. The molecule has 0 fully saturated rings. The normalized spacial score (nSPS) is 12.5. The van der Waals surface area contributed by atoms with Gasteiger partial charge in [0, 0.05) is 42.6 Å². The summed E-state index contributed by atoms with van der Waals surface area (Å²) in [5, 5.41) is 21.2. The maximum Gasteiger partial charge on any atom is 0.251 e. The Kier molecular flexibility index (Phi) is 8.40. The molecule has 1 aromatic heterocycles. The molecular weight excluding hydrogens is 462 g/mol. The van der Waals surface area contributed by atoms with Crippen LogP contribution in [0, 0.1) is 11.3 Å². The molecule has 0 aliphatic heterocycles. The number of carbonyl (C=O) groups is 1. The average Bonchev–Trinajstić information content (AvgIpc) is 2.95. The quantitative estimate of drug-likeness (QED) is 0.169. The van der Waals surface area contributed by atoms with Crippen LogP contribution >= 0.6 is 0 Å². The van der Waals surface area contributed by atoms with Crippen molar-refractivity contribution < 1.29 is 9.90 Å². The number of hydrogen-bond acceptors (Lipinski definition) is 5. The third-order valence-corrected chi connectivity index (χ3v) is 6.42. The lowest BCUT2D eigenvalue weighted by molar-refractivity contribution is 0.0902. The van der Waals surface area contributed by atoms with Crippen LogP contribution in [0.4, 0.5) is 0 Å². The van der Waals surface area contributed by atoms with Gasteiger partial charge in [0.25, 0.3) is 5.91 Å². The lowest BCUT2D eigenvalue weighted by Crippen LogP contribution is -2.36. The van der Waals surface area contributed by atoms with Crippen molar-refractivity contribution in [2.75, 3.05) is 6.61 Å². The molecule has 188 valence electrons. The molecule has 4 rings (SSSR count). The van der Waals surface area contributed by atoms with Gasteiger partial charge in [0.1, 0.15) is 5.84 Å². The maximum absolute atomic E-state index is 13.3. The molecule has 7 heteroatoms. The molecule has 2 atom stereocenters. The van der Waals surface area contributed by atoms with Crippen LogP contribution in [0.15, 0.2) is 97.3 Å². The third-order valence-electron chi connectivity index (χ3n) is 6.42. The summed E-state index contributed by atoms with van der Waals surface area (Å²) in [4.78, 5) is 17.5. The number of hydrogen-bond donors (Lipinski definition) is 5. The Balaban J connectivity index is 1.57. The standard InChI is InChI=1S/C30H31N5O2/c31-17-21-5-2-6-24(16-21)22-9-11-23(12-10-22)30(37)35-28(26-8-3-13-34-18-26)27(19-36)15-20-4-1-7-25(14-20)29(32)33/h1-14,16,18,27-28,36H,15,17,19,31H2,(H3,32,33)(H,35,37). The van der Waals surface area contributed by atoms with Gasteiger partial charge in [-0.3, -0.25) is 15.2 Å². The van der Waals surface area contributed by atoms with Crippen molar-refractivity contribution in [2.24, 2.45) is 17.4 Å². The summed E-state index contributed by atoms with van der Waals surface area (Å²) < 4.78 is 0. The minimum absolute atomic E-state index is 0.0160. The fourth-order valence-electron chi connectivity index (χ4n) is 4.41. The topological polar surface area (TPSA) is 138 Å². The predicted molar refractivity (Wildman–Crippen MR) is 146 cm³/mol. The molecule has 7 N–H and O–H groups in total. The Morgan fingerprint density at radius 3 is 2.35 bits per heavy atom. The molecule has 0 spiro atoms. The van der Waals surface area contributed by atoms with Crippen molar-refractivity contribution in [3.8, 4) is 11.1 Å². The molecule has 3 aromatic carbocycles. The van der Waals surface area contributed by atoms with Crippen LogP contribution in [0.1, 0.15) is 38.7 Å². The van der Waals surface area contributed by atoms with E-state index in [0.29, 0.717) is 24.1 Å². The third kappa shape index (κ3) is 6.46. The number of nitrogens with two attached hydrogens (primary N) is 2. The highest BCUT2D eigenvalue weighted by Gasteiger charge is 2.26. The molecule has 4 aromatic rings. The van der Waals surface area contributed by atoms with Gasteiger partial charge in [-0.05, 0) is 64.6 Å². The van der Waals surface area contributed by atoms with Gasteiger partial charge in [-0.1, -0.05) is 54.6 Å². The van der Waals surface area contributed by atoms with E-state index in [4.69, 9.17) is 16.9 Å². The number of nitrogens with zero attached hydrogens (tertiary/aromatic N) is 1. The SMILES string of the molecule is N=C(N)c1cccc(CC(CO)C(NC(=O)c2ccc(-c3cccc(CN)c3)cc2)c2cccnc2)c1. The summed E-state index contributed by atoms with van der Waals surface area (Å²) in [7, 11) is 0. The number of aliphatic hydroxyl groups excluding tert-OH is 1. The molecule has 0 bridgehead atoms. The van der Waals surface area contributed by atoms with Crippen LogP contribution in [0.25, 0.3) is 11.1 Å². The van der Waals surface area contributed by atoms with Gasteiger partial charge in [0.05, 0.1) is 6.04 Å². The van der Waals surface area contributed by atoms with Gasteiger partial charge < -0.3 is 21.9 Å². The summed E-state index contributed by atoms with van der Waals surface area (Å²) in [6.45, 7) is 0.315. The summed E-state index contributed by atoms with van der Waals surface area (Å²) >= 11 is 0. The van der Waals surface area contributed by atoms with Gasteiger partial charge in [-0.15, -0.1) is 0 Å². The van der Waals surface area contributed by atoms with Crippen molar-refractivity contribution in [1.82, 2.24) is 10.3 Å². The van der Waals surface area contributed by atoms with Crippen LogP contribution in [0.2, 0.25) is 0 Å². The summed E-state index contributed by atoms with van der Waals surface area (Å²) in [5.41, 5.74) is 17.3. The Bertz CT molecular complexity index is 1360. The van der Waals surface area contributed by atoms with Crippen LogP contribution in [-0.4, -0.2) is 28.4 Å². The first-order chi connectivity index (χ1) is 18.0. The number of pyridine rings is 1. The fourth-order valence-corrected chi connectivity index (χ4v) is 4.41. The van der Waals surface area contributed by atoms with Gasteiger partial charge in [-0.2, -0.15) is 0 Å². The highest BCUT2D eigenvalue weighted by molar-refractivity contribution is 5.95. The van der Waals surface area contributed by atoms with Gasteiger partial charge in [0.15, 0.2) is 0 Å². The van der Waals surface area contributed by atoms with Gasteiger partial charge in [-0.25, -0.2) is 0 Å². The Hall–Kier alpha value is -4.33. The summed E-state index contributed by atoms with van der Waals surface area (Å²) in [5.74, 6) is -0.585. The van der Waals surface area contributed by atoms with E-state index >= 15 is 0 Å². The minimum atomic E-state index is -0.479. The number of nitrogen functional groups attached to an aromatic ring is 1. The first-order valence-corrected chi connectivity index (χ1v) is 12.1. The van der Waals surface area contributed by atoms with E-state index < -0.39 is 6.04 Å². The first kappa shape index (κ1) is 25.8. The molecular formula is C30H31N5O2. The molecule has 0 aliphatic carbocycles. The molecule has 0 saturated carbocycles. The molecule has 0 saturated heterocycles. The largest absolute Gasteiger partial charge is 0.396 e. The van der Waals surface area contributed by atoms with E-state index in [1.807, 2.05) is 66.7 Å². The maximum atomic E-state index is 13.3. The second-order valence-corrected chi connectivity index (χ2v) is 8.98. The Labute approximate surface area is 216 Å². The first-order valence-electron chi connectivity index (χ1n) is 12.1. The van der Waals surface area contributed by atoms with E-state index in [1.54, 1.807) is 30.6 Å². The number of nitrogens with one attached hydrogen (secondary N) is 2. The van der Waals surface area contributed by atoms with Crippen LogP contribution in [0.5, 0.6) is 0 Å². The van der Waals surface area contributed by atoms with Gasteiger partial charge in [0.2, 0.25) is 0 Å². The van der Waals surface area contributed by atoms with Crippen molar-refractivity contribution in [2.45, 2.75) is 19.0 Å². The zero-order valence-electron chi connectivity index (χ0n) is 20.5.